The van der Waals surface area contributed by atoms with Gasteiger partial charge < -0.3 is 15.0 Å². The van der Waals surface area contributed by atoms with Gasteiger partial charge in [0.25, 0.3) is 5.69 Å². The van der Waals surface area contributed by atoms with Gasteiger partial charge in [-0.15, -0.1) is 0 Å². The largest absolute Gasteiger partial charge is 0.379 e. The maximum absolute atomic E-state index is 12.8. The molecule has 0 amide bonds. The lowest BCUT2D eigenvalue weighted by atomic mass is 10.2. The van der Waals surface area contributed by atoms with Crippen LogP contribution in [0.5, 0.6) is 0 Å². The van der Waals surface area contributed by atoms with Crippen molar-refractivity contribution in [1.82, 2.24) is 4.31 Å². The number of sulfonamides is 1. The molecule has 0 radical (unpaired) electrons. The van der Waals surface area contributed by atoms with Crippen LogP contribution in [0.4, 0.5) is 11.4 Å². The van der Waals surface area contributed by atoms with Crippen LogP contribution in [0.3, 0.4) is 0 Å². The maximum Gasteiger partial charge on any atom is 0.293 e. The highest BCUT2D eigenvalue weighted by Gasteiger charge is 2.30. The summed E-state index contributed by atoms with van der Waals surface area (Å²) in [7, 11) is -1.71. The number of hydrogen-bond acceptors (Lipinski definition) is 6. The molecule has 27 heavy (non-hydrogen) atoms. The second-order valence-corrected chi connectivity index (χ2v) is 8.94. The molecule has 9 nitrogen and oxygen atoms in total. The van der Waals surface area contributed by atoms with Crippen molar-refractivity contribution in [2.45, 2.75) is 31.3 Å². The first-order valence-corrected chi connectivity index (χ1v) is 10.6. The predicted octanol–water partition coefficient (Wildman–Crippen LogP) is 0.341. The molecule has 0 atom stereocenters. The molecule has 1 fully saturated rings. The molecular weight excluding hydrogens is 372 g/mol. The number of benzene rings is 1. The molecule has 2 N–H and O–H groups in total. The Morgan fingerprint density at radius 1 is 1.33 bits per heavy atom. The van der Waals surface area contributed by atoms with E-state index in [1.807, 2.05) is 20.9 Å². The Labute approximate surface area is 160 Å². The highest BCUT2D eigenvalue weighted by Crippen LogP contribution is 2.29. The molecule has 0 spiro atoms. The highest BCUT2D eigenvalue weighted by molar-refractivity contribution is 7.89. The number of quaternary nitrogens is 1. The number of nitro benzene ring substituents is 1. The normalized spacial score (nSPS) is 16.6. The average Bonchev–Trinajstić information content (AvgIpc) is 2.61. The highest BCUT2D eigenvalue weighted by atomic mass is 32.2. The molecule has 0 unspecified atom stereocenters. The van der Waals surface area contributed by atoms with Gasteiger partial charge in [0.05, 0.1) is 49.1 Å². The summed E-state index contributed by atoms with van der Waals surface area (Å²) in [6.07, 6.45) is 0.832. The van der Waals surface area contributed by atoms with E-state index in [2.05, 4.69) is 5.32 Å². The summed E-state index contributed by atoms with van der Waals surface area (Å²) in [4.78, 5) is 12.1. The Morgan fingerprint density at radius 2 is 2.00 bits per heavy atom. The summed E-state index contributed by atoms with van der Waals surface area (Å²) in [6.45, 7) is 7.21. The lowest BCUT2D eigenvalue weighted by Gasteiger charge is -2.29. The fraction of sp³-hybridized carbons (Fsp3) is 0.647. The van der Waals surface area contributed by atoms with Crippen LogP contribution in [0.2, 0.25) is 0 Å². The van der Waals surface area contributed by atoms with Crippen molar-refractivity contribution in [1.29, 1.82) is 0 Å². The third-order valence-electron chi connectivity index (χ3n) is 4.47. The Bertz CT molecular complexity index is 746. The van der Waals surface area contributed by atoms with Gasteiger partial charge in [-0.2, -0.15) is 4.31 Å². The van der Waals surface area contributed by atoms with Gasteiger partial charge in [-0.05, 0) is 32.4 Å². The molecule has 1 saturated heterocycles. The number of nitro groups is 1. The molecule has 2 rings (SSSR count). The monoisotopic (exact) mass is 401 g/mol. The Hall–Kier alpha value is -1.75. The van der Waals surface area contributed by atoms with Gasteiger partial charge in [0.15, 0.2) is 0 Å². The summed E-state index contributed by atoms with van der Waals surface area (Å²) in [6, 6.07) is 4.05. The molecule has 1 aromatic carbocycles. The van der Waals surface area contributed by atoms with Gasteiger partial charge in [-0.25, -0.2) is 8.42 Å². The molecule has 1 aromatic rings. The fourth-order valence-electron chi connectivity index (χ4n) is 2.84. The minimum atomic E-state index is -3.73. The Balaban J connectivity index is 2.11. The molecule has 0 aliphatic carbocycles. The van der Waals surface area contributed by atoms with Crippen LogP contribution < -0.4 is 10.2 Å². The van der Waals surface area contributed by atoms with E-state index in [1.54, 1.807) is 0 Å². The Kier molecular flexibility index (Phi) is 7.54. The molecule has 1 heterocycles. The number of nitrogens with one attached hydrogen (secondary N) is 2. The predicted molar refractivity (Wildman–Crippen MR) is 103 cm³/mol. The van der Waals surface area contributed by atoms with Crippen LogP contribution in [0.1, 0.15) is 20.3 Å². The van der Waals surface area contributed by atoms with E-state index in [4.69, 9.17) is 4.74 Å². The van der Waals surface area contributed by atoms with Crippen molar-refractivity contribution in [2.24, 2.45) is 0 Å². The van der Waals surface area contributed by atoms with Gasteiger partial charge in [-0.3, -0.25) is 10.1 Å². The maximum atomic E-state index is 12.8. The lowest BCUT2D eigenvalue weighted by molar-refractivity contribution is -0.883. The van der Waals surface area contributed by atoms with E-state index in [0.29, 0.717) is 38.3 Å². The second-order valence-electron chi connectivity index (χ2n) is 7.00. The first-order valence-electron chi connectivity index (χ1n) is 9.17. The fourth-order valence-corrected chi connectivity index (χ4v) is 4.31. The van der Waals surface area contributed by atoms with Crippen LogP contribution in [0.25, 0.3) is 0 Å². The second kappa shape index (κ2) is 9.45. The van der Waals surface area contributed by atoms with Gasteiger partial charge in [0, 0.05) is 19.2 Å². The topological polar surface area (TPSA) is 106 Å². The number of piperazine rings is 1. The van der Waals surface area contributed by atoms with E-state index >= 15 is 0 Å². The smallest absolute Gasteiger partial charge is 0.293 e. The molecule has 0 bridgehead atoms. The molecular formula is C17H29N4O5S+. The first-order chi connectivity index (χ1) is 12.7. The number of hydrogen-bond donors (Lipinski definition) is 2. The molecule has 1 aliphatic heterocycles. The van der Waals surface area contributed by atoms with Crippen LogP contribution in [-0.2, 0) is 14.8 Å². The zero-order valence-corrected chi connectivity index (χ0v) is 16.9. The van der Waals surface area contributed by atoms with E-state index in [0.717, 1.165) is 19.2 Å². The summed E-state index contributed by atoms with van der Waals surface area (Å²) in [5, 5.41) is 14.4. The number of ether oxygens (including phenoxy) is 1. The summed E-state index contributed by atoms with van der Waals surface area (Å²) < 4.78 is 32.4. The number of anilines is 1. The molecule has 1 aliphatic rings. The van der Waals surface area contributed by atoms with Crippen molar-refractivity contribution >= 4 is 21.4 Å². The van der Waals surface area contributed by atoms with Gasteiger partial charge >= 0.3 is 0 Å². The minimum Gasteiger partial charge on any atom is -0.379 e. The van der Waals surface area contributed by atoms with Crippen molar-refractivity contribution in [3.05, 3.63) is 28.3 Å². The summed E-state index contributed by atoms with van der Waals surface area (Å²) >= 11 is 0. The number of nitrogens with zero attached hydrogens (tertiary/aromatic N) is 2. The van der Waals surface area contributed by atoms with Gasteiger partial charge in [0.2, 0.25) is 10.0 Å². The van der Waals surface area contributed by atoms with Crippen LogP contribution in [0.15, 0.2) is 23.1 Å². The quantitative estimate of drug-likeness (QED) is 0.351. The third kappa shape index (κ3) is 5.86. The van der Waals surface area contributed by atoms with E-state index in [9.17, 15) is 18.5 Å². The van der Waals surface area contributed by atoms with Gasteiger partial charge in [-0.1, -0.05) is 0 Å². The number of likely N-dealkylation sites (N-methyl/N-ethyl adjacent to an activating group) is 1. The molecule has 152 valence electrons. The first kappa shape index (κ1) is 21.5. The SMILES string of the molecule is CC(C)OCCCNc1ccc(S(=O)(=O)N2CC[NH+](C)CC2)cc1[N+](=O)[O-]. The van der Waals surface area contributed by atoms with Crippen molar-refractivity contribution in [3.8, 4) is 0 Å². The van der Waals surface area contributed by atoms with Crippen LogP contribution in [0, 0.1) is 10.1 Å². The van der Waals surface area contributed by atoms with Crippen LogP contribution >= 0.6 is 0 Å². The summed E-state index contributed by atoms with van der Waals surface area (Å²) in [5.41, 5.74) is 0.0759. The zero-order valence-electron chi connectivity index (χ0n) is 16.1. The Morgan fingerprint density at radius 3 is 2.59 bits per heavy atom. The zero-order chi connectivity index (χ0) is 20.0. The van der Waals surface area contributed by atoms with E-state index < -0.39 is 14.9 Å². The minimum absolute atomic E-state index is 0.0394. The third-order valence-corrected chi connectivity index (χ3v) is 6.36. The van der Waals surface area contributed by atoms with Crippen LogP contribution in [-0.4, -0.2) is 70.1 Å². The van der Waals surface area contributed by atoms with E-state index in [-0.39, 0.29) is 16.7 Å². The standard InChI is InChI=1S/C17H28N4O5S/c1-14(2)26-12-4-7-18-16-6-5-15(13-17(16)21(22)23)27(24,25)20-10-8-19(3)9-11-20/h5-6,13-14,18H,4,7-12H2,1-3H3/p+1. The lowest BCUT2D eigenvalue weighted by Crippen LogP contribution is -3.12. The summed E-state index contributed by atoms with van der Waals surface area (Å²) in [5.74, 6) is 0. The van der Waals surface area contributed by atoms with E-state index in [1.165, 1.54) is 21.3 Å². The molecule has 10 heteroatoms. The molecule has 0 aromatic heterocycles. The molecule has 0 saturated carbocycles. The average molecular weight is 402 g/mol. The van der Waals surface area contributed by atoms with Crippen molar-refractivity contribution < 1.29 is 23.0 Å². The van der Waals surface area contributed by atoms with Crippen molar-refractivity contribution in [3.63, 3.8) is 0 Å². The van der Waals surface area contributed by atoms with Crippen molar-refractivity contribution in [2.75, 3.05) is 51.7 Å². The number of rotatable bonds is 9. The van der Waals surface area contributed by atoms with Gasteiger partial charge in [0.1, 0.15) is 5.69 Å².